The summed E-state index contributed by atoms with van der Waals surface area (Å²) in [5.74, 6) is 0.0864. The summed E-state index contributed by atoms with van der Waals surface area (Å²) >= 11 is 0. The predicted octanol–water partition coefficient (Wildman–Crippen LogP) is 3.13. The average Bonchev–Trinajstić information content (AvgIpc) is 3.72. The topological polar surface area (TPSA) is 104 Å². The maximum absolute atomic E-state index is 13.2. The van der Waals surface area contributed by atoms with Crippen molar-refractivity contribution in [2.45, 2.75) is 63.6 Å². The Balaban J connectivity index is 1.30. The molecule has 0 atom stereocenters. The van der Waals surface area contributed by atoms with E-state index in [-0.39, 0.29) is 30.9 Å². The Kier molecular flexibility index (Phi) is 6.94. The Hall–Kier alpha value is -3.46. The fourth-order valence-corrected chi connectivity index (χ4v) is 4.83. The van der Waals surface area contributed by atoms with E-state index in [1.54, 1.807) is 41.6 Å². The Bertz CT molecular complexity index is 1080. The van der Waals surface area contributed by atoms with Crippen LogP contribution in [-0.4, -0.2) is 48.1 Å². The van der Waals surface area contributed by atoms with Crippen LogP contribution in [0.4, 0.5) is 16.2 Å². The highest BCUT2D eigenvalue weighted by atomic mass is 16.6. The number of carbonyl (C=O) groups excluding carboxylic acids is 3. The van der Waals surface area contributed by atoms with Crippen LogP contribution in [0.3, 0.4) is 0 Å². The Morgan fingerprint density at radius 3 is 2.63 bits per heavy atom. The molecule has 0 unspecified atom stereocenters. The molecule has 1 aromatic heterocycles. The predicted molar refractivity (Wildman–Crippen MR) is 131 cm³/mol. The third-order valence-electron chi connectivity index (χ3n) is 6.79. The van der Waals surface area contributed by atoms with Gasteiger partial charge < -0.3 is 20.3 Å². The van der Waals surface area contributed by atoms with E-state index in [1.165, 1.54) is 24.2 Å². The molecule has 184 valence electrons. The molecule has 2 saturated carbocycles. The minimum absolute atomic E-state index is 0.00859. The number of nitrogens with one attached hydrogen (secondary N) is 2. The quantitative estimate of drug-likeness (QED) is 0.635. The molecule has 9 heteroatoms. The lowest BCUT2D eigenvalue weighted by molar-refractivity contribution is -0.122. The molecular formula is C26H31N5O4. The second kappa shape index (κ2) is 10.4. The van der Waals surface area contributed by atoms with Crippen molar-refractivity contribution in [1.82, 2.24) is 15.6 Å². The van der Waals surface area contributed by atoms with E-state index >= 15 is 0 Å². The van der Waals surface area contributed by atoms with Crippen LogP contribution in [0.15, 0.2) is 42.7 Å². The molecule has 3 amide bonds. The van der Waals surface area contributed by atoms with Gasteiger partial charge in [-0.05, 0) is 49.4 Å². The molecule has 3 aliphatic rings. The molecule has 0 radical (unpaired) electrons. The van der Waals surface area contributed by atoms with E-state index in [4.69, 9.17) is 4.74 Å². The van der Waals surface area contributed by atoms with E-state index in [2.05, 4.69) is 15.6 Å². The molecule has 35 heavy (non-hydrogen) atoms. The number of anilines is 2. The van der Waals surface area contributed by atoms with Gasteiger partial charge in [-0.2, -0.15) is 0 Å². The summed E-state index contributed by atoms with van der Waals surface area (Å²) in [6.45, 7) is 0.460. The molecular weight excluding hydrogens is 446 g/mol. The van der Waals surface area contributed by atoms with Gasteiger partial charge in [0.25, 0.3) is 0 Å². The van der Waals surface area contributed by atoms with Gasteiger partial charge in [-0.1, -0.05) is 25.3 Å². The third kappa shape index (κ3) is 5.62. The van der Waals surface area contributed by atoms with Crippen LogP contribution in [0, 0.1) is 0 Å². The molecule has 0 spiro atoms. The largest absolute Gasteiger partial charge is 0.412 e. The average molecular weight is 478 g/mol. The van der Waals surface area contributed by atoms with Crippen LogP contribution < -0.4 is 25.2 Å². The van der Waals surface area contributed by atoms with Gasteiger partial charge in [0, 0.05) is 37.1 Å². The molecule has 0 saturated heterocycles. The minimum Gasteiger partial charge on any atom is -0.410 e. The molecule has 2 fully saturated rings. The summed E-state index contributed by atoms with van der Waals surface area (Å²) in [7, 11) is 0. The second-order valence-electron chi connectivity index (χ2n) is 9.45. The van der Waals surface area contributed by atoms with Gasteiger partial charge in [0.2, 0.25) is 11.8 Å². The number of hydrogen-bond acceptors (Lipinski definition) is 6. The first-order valence-corrected chi connectivity index (χ1v) is 12.4. The molecule has 5 rings (SSSR count). The molecule has 9 nitrogen and oxygen atoms in total. The van der Waals surface area contributed by atoms with Crippen LogP contribution >= 0.6 is 0 Å². The molecule has 2 aliphatic carbocycles. The van der Waals surface area contributed by atoms with E-state index in [1.807, 2.05) is 6.07 Å². The summed E-state index contributed by atoms with van der Waals surface area (Å²) in [6.07, 6.45) is 10.4. The number of rotatable bonds is 7. The molecule has 1 aromatic carbocycles. The number of benzene rings is 1. The zero-order chi connectivity index (χ0) is 24.2. The third-order valence-corrected chi connectivity index (χ3v) is 6.79. The van der Waals surface area contributed by atoms with Gasteiger partial charge in [-0.15, -0.1) is 0 Å². The molecule has 0 bridgehead atoms. The number of hydrogen-bond donors (Lipinski definition) is 2. The van der Waals surface area contributed by atoms with Crippen molar-refractivity contribution in [3.63, 3.8) is 0 Å². The zero-order valence-corrected chi connectivity index (χ0v) is 19.7. The van der Waals surface area contributed by atoms with Crippen molar-refractivity contribution in [2.75, 3.05) is 22.9 Å². The summed E-state index contributed by atoms with van der Waals surface area (Å²) in [5.41, 5.74) is 2.15. The van der Waals surface area contributed by atoms with Gasteiger partial charge in [0.1, 0.15) is 12.3 Å². The number of ether oxygens (including phenoxy) is 1. The van der Waals surface area contributed by atoms with Crippen LogP contribution in [0.5, 0.6) is 5.75 Å². The van der Waals surface area contributed by atoms with Crippen molar-refractivity contribution >= 4 is 29.3 Å². The maximum Gasteiger partial charge on any atom is 0.412 e. The van der Waals surface area contributed by atoms with Crippen LogP contribution in [-0.2, 0) is 16.1 Å². The summed E-state index contributed by atoms with van der Waals surface area (Å²) in [6, 6.07) is 9.29. The zero-order valence-electron chi connectivity index (χ0n) is 19.7. The SMILES string of the molecule is O=C(NCc1cccnc1)Oc1ccc2c(c1)N(C(=O)CNC1CCCCC1)CC(=O)N2C1CC1. The number of carbonyl (C=O) groups is 3. The standard InChI is InChI=1S/C26H31N5O4/c32-24(16-28-19-6-2-1-3-7-19)30-17-25(33)31(20-8-9-20)22-11-10-21(13-23(22)30)35-26(34)29-15-18-5-4-12-27-14-18/h4-5,10-14,19-20,28H,1-3,6-9,15-17H2,(H,29,34). The Morgan fingerprint density at radius 2 is 1.89 bits per heavy atom. The molecule has 1 aliphatic heterocycles. The Morgan fingerprint density at radius 1 is 1.06 bits per heavy atom. The molecule has 2 N–H and O–H groups in total. The second-order valence-corrected chi connectivity index (χ2v) is 9.45. The lowest BCUT2D eigenvalue weighted by Crippen LogP contribution is -2.51. The number of fused-ring (bicyclic) bond motifs is 1. The number of pyridine rings is 1. The van der Waals surface area contributed by atoms with Gasteiger partial charge in [-0.3, -0.25) is 19.5 Å². The van der Waals surface area contributed by atoms with Gasteiger partial charge in [0.05, 0.1) is 17.9 Å². The van der Waals surface area contributed by atoms with Crippen LogP contribution in [0.1, 0.15) is 50.5 Å². The monoisotopic (exact) mass is 477 g/mol. The van der Waals surface area contributed by atoms with Gasteiger partial charge in [0.15, 0.2) is 0 Å². The van der Waals surface area contributed by atoms with Gasteiger partial charge >= 0.3 is 6.09 Å². The van der Waals surface area contributed by atoms with Crippen LogP contribution in [0.25, 0.3) is 0 Å². The summed E-state index contributed by atoms with van der Waals surface area (Å²) < 4.78 is 5.50. The van der Waals surface area contributed by atoms with Gasteiger partial charge in [-0.25, -0.2) is 4.79 Å². The molecule has 2 heterocycles. The lowest BCUT2D eigenvalue weighted by Gasteiger charge is -2.37. The summed E-state index contributed by atoms with van der Waals surface area (Å²) in [4.78, 5) is 45.9. The summed E-state index contributed by atoms with van der Waals surface area (Å²) in [5, 5.41) is 6.08. The highest BCUT2D eigenvalue weighted by Gasteiger charge is 2.40. The van der Waals surface area contributed by atoms with Crippen molar-refractivity contribution in [3.8, 4) is 5.75 Å². The Labute approximate surface area is 204 Å². The van der Waals surface area contributed by atoms with Crippen molar-refractivity contribution < 1.29 is 19.1 Å². The first-order valence-electron chi connectivity index (χ1n) is 12.4. The van der Waals surface area contributed by atoms with E-state index in [9.17, 15) is 14.4 Å². The minimum atomic E-state index is -0.600. The fraction of sp³-hybridized carbons (Fsp3) is 0.462. The van der Waals surface area contributed by atoms with Crippen molar-refractivity contribution in [1.29, 1.82) is 0 Å². The van der Waals surface area contributed by atoms with E-state index < -0.39 is 6.09 Å². The molecule has 2 aromatic rings. The van der Waals surface area contributed by atoms with Crippen molar-refractivity contribution in [2.24, 2.45) is 0 Å². The highest BCUT2D eigenvalue weighted by Crippen LogP contribution is 2.42. The smallest absolute Gasteiger partial charge is 0.410 e. The normalized spacial score (nSPS) is 18.2. The first kappa shape index (κ1) is 23.3. The van der Waals surface area contributed by atoms with E-state index in [0.29, 0.717) is 29.7 Å². The first-order chi connectivity index (χ1) is 17.1. The van der Waals surface area contributed by atoms with Crippen LogP contribution in [0.2, 0.25) is 0 Å². The number of aromatic nitrogens is 1. The number of amides is 3. The van der Waals surface area contributed by atoms with E-state index in [0.717, 1.165) is 31.2 Å². The highest BCUT2D eigenvalue weighted by molar-refractivity contribution is 6.12. The number of nitrogens with zero attached hydrogens (tertiary/aromatic N) is 3. The maximum atomic E-state index is 13.2. The van der Waals surface area contributed by atoms with Crippen molar-refractivity contribution in [3.05, 3.63) is 48.3 Å². The lowest BCUT2D eigenvalue weighted by atomic mass is 9.95. The fourth-order valence-electron chi connectivity index (χ4n) is 4.83.